The van der Waals surface area contributed by atoms with Gasteiger partial charge >= 0.3 is 0 Å². The zero-order valence-electron chi connectivity index (χ0n) is 13.5. The fourth-order valence-electron chi connectivity index (χ4n) is 4.29. The smallest absolute Gasteiger partial charge is 0.0920 e. The highest BCUT2D eigenvalue weighted by Crippen LogP contribution is 2.47. The molecule has 3 atom stereocenters. The number of aryl methyl sites for hydroxylation is 2. The van der Waals surface area contributed by atoms with Gasteiger partial charge in [-0.3, -0.25) is 4.21 Å². The Kier molecular flexibility index (Phi) is 3.86. The molecule has 1 saturated heterocycles. The SMILES string of the molecule is CCc1ccc2c(c1)CCC1NCCC21S(=O)c1ccccc1. The Morgan fingerprint density at radius 1 is 1.22 bits per heavy atom. The van der Waals surface area contributed by atoms with Crippen LogP contribution in [0.2, 0.25) is 0 Å². The second-order valence-corrected chi connectivity index (χ2v) is 8.35. The number of hydrogen-bond acceptors (Lipinski definition) is 2. The second-order valence-electron chi connectivity index (χ2n) is 6.61. The summed E-state index contributed by atoms with van der Waals surface area (Å²) in [6, 6.07) is 17.1. The standard InChI is InChI=1S/C20H23NOS/c1-2-15-8-10-18-16(14-15)9-11-19-20(18,12-13-21-19)23(22)17-6-4-3-5-7-17/h3-8,10,14,19,21H,2,9,11-13H2,1H3. The van der Waals surface area contributed by atoms with Crippen molar-refractivity contribution < 1.29 is 4.21 Å². The molecule has 0 bridgehead atoms. The van der Waals surface area contributed by atoms with Gasteiger partial charge in [-0.25, -0.2) is 0 Å². The largest absolute Gasteiger partial charge is 0.312 e. The predicted octanol–water partition coefficient (Wildman–Crippen LogP) is 3.56. The van der Waals surface area contributed by atoms with E-state index in [-0.39, 0.29) is 4.75 Å². The van der Waals surface area contributed by atoms with E-state index in [1.54, 1.807) is 0 Å². The number of rotatable bonds is 3. The van der Waals surface area contributed by atoms with Crippen LogP contribution in [0.4, 0.5) is 0 Å². The molecular weight excluding hydrogens is 302 g/mol. The molecule has 2 nitrogen and oxygen atoms in total. The zero-order chi connectivity index (χ0) is 15.9. The van der Waals surface area contributed by atoms with Gasteiger partial charge in [0.1, 0.15) is 0 Å². The highest BCUT2D eigenvalue weighted by molar-refractivity contribution is 7.86. The van der Waals surface area contributed by atoms with E-state index >= 15 is 0 Å². The molecule has 1 heterocycles. The lowest BCUT2D eigenvalue weighted by molar-refractivity contribution is 0.434. The molecule has 0 amide bonds. The molecule has 2 aliphatic rings. The minimum Gasteiger partial charge on any atom is -0.312 e. The van der Waals surface area contributed by atoms with E-state index in [4.69, 9.17) is 0 Å². The molecule has 23 heavy (non-hydrogen) atoms. The van der Waals surface area contributed by atoms with Crippen LogP contribution in [0, 0.1) is 0 Å². The highest BCUT2D eigenvalue weighted by atomic mass is 32.2. The lowest BCUT2D eigenvalue weighted by Gasteiger charge is -2.40. The van der Waals surface area contributed by atoms with Crippen molar-refractivity contribution in [3.63, 3.8) is 0 Å². The fourth-order valence-corrected chi connectivity index (χ4v) is 6.26. The lowest BCUT2D eigenvalue weighted by Crippen LogP contribution is -2.47. The van der Waals surface area contributed by atoms with E-state index in [1.807, 2.05) is 30.3 Å². The average Bonchev–Trinajstić information content (AvgIpc) is 3.06. The van der Waals surface area contributed by atoms with Crippen molar-refractivity contribution in [3.8, 4) is 0 Å². The molecule has 1 aliphatic carbocycles. The van der Waals surface area contributed by atoms with Crippen LogP contribution in [0.15, 0.2) is 53.4 Å². The summed E-state index contributed by atoms with van der Waals surface area (Å²) in [4.78, 5) is 0.952. The molecule has 4 rings (SSSR count). The molecule has 1 fully saturated rings. The van der Waals surface area contributed by atoms with Crippen LogP contribution in [0.5, 0.6) is 0 Å². The first-order valence-corrected chi connectivity index (χ1v) is 9.73. The number of benzene rings is 2. The molecule has 0 saturated carbocycles. The van der Waals surface area contributed by atoms with E-state index in [0.717, 1.165) is 37.1 Å². The van der Waals surface area contributed by atoms with E-state index in [2.05, 4.69) is 30.4 Å². The Morgan fingerprint density at radius 2 is 2.04 bits per heavy atom. The van der Waals surface area contributed by atoms with Gasteiger partial charge in [0.15, 0.2) is 0 Å². The highest BCUT2D eigenvalue weighted by Gasteiger charge is 2.52. The molecule has 120 valence electrons. The van der Waals surface area contributed by atoms with Crippen molar-refractivity contribution in [1.29, 1.82) is 0 Å². The molecule has 2 aromatic rings. The van der Waals surface area contributed by atoms with Crippen molar-refractivity contribution in [3.05, 3.63) is 65.2 Å². The van der Waals surface area contributed by atoms with Gasteiger partial charge in [-0.2, -0.15) is 0 Å². The van der Waals surface area contributed by atoms with Crippen LogP contribution in [0.3, 0.4) is 0 Å². The summed E-state index contributed by atoms with van der Waals surface area (Å²) in [5.74, 6) is 0. The maximum atomic E-state index is 13.6. The first-order valence-electron chi connectivity index (χ1n) is 8.58. The number of nitrogens with one attached hydrogen (secondary N) is 1. The van der Waals surface area contributed by atoms with Crippen molar-refractivity contribution in [2.45, 2.75) is 48.3 Å². The fraction of sp³-hybridized carbons (Fsp3) is 0.400. The van der Waals surface area contributed by atoms with Crippen LogP contribution in [-0.4, -0.2) is 16.8 Å². The van der Waals surface area contributed by atoms with Crippen molar-refractivity contribution in [2.75, 3.05) is 6.54 Å². The first-order chi connectivity index (χ1) is 11.3. The molecular formula is C20H23NOS. The van der Waals surface area contributed by atoms with E-state index < -0.39 is 10.8 Å². The van der Waals surface area contributed by atoms with Crippen LogP contribution in [-0.2, 0) is 28.4 Å². The van der Waals surface area contributed by atoms with E-state index in [0.29, 0.717) is 6.04 Å². The monoisotopic (exact) mass is 325 g/mol. The van der Waals surface area contributed by atoms with Gasteiger partial charge in [-0.15, -0.1) is 0 Å². The van der Waals surface area contributed by atoms with Crippen molar-refractivity contribution >= 4 is 10.8 Å². The summed E-state index contributed by atoms with van der Waals surface area (Å²) in [6.07, 6.45) is 4.19. The normalized spacial score (nSPS) is 27.3. The lowest BCUT2D eigenvalue weighted by atomic mass is 9.78. The Hall–Kier alpha value is -1.45. The van der Waals surface area contributed by atoms with Crippen LogP contribution >= 0.6 is 0 Å². The van der Waals surface area contributed by atoms with Crippen LogP contribution < -0.4 is 5.32 Å². The molecule has 1 aliphatic heterocycles. The van der Waals surface area contributed by atoms with Crippen molar-refractivity contribution in [1.82, 2.24) is 5.32 Å². The molecule has 3 unspecified atom stereocenters. The van der Waals surface area contributed by atoms with Crippen molar-refractivity contribution in [2.24, 2.45) is 0 Å². The third-order valence-electron chi connectivity index (χ3n) is 5.47. The predicted molar refractivity (Wildman–Crippen MR) is 95.1 cm³/mol. The Bertz CT molecular complexity index is 743. The minimum absolute atomic E-state index is 0.263. The van der Waals surface area contributed by atoms with Gasteiger partial charge in [0, 0.05) is 10.9 Å². The maximum Gasteiger partial charge on any atom is 0.0920 e. The summed E-state index contributed by atoms with van der Waals surface area (Å²) >= 11 is 0. The van der Waals surface area contributed by atoms with Gasteiger partial charge < -0.3 is 5.32 Å². The minimum atomic E-state index is -1.03. The quantitative estimate of drug-likeness (QED) is 0.935. The van der Waals surface area contributed by atoms with Gasteiger partial charge in [0.25, 0.3) is 0 Å². The second kappa shape index (κ2) is 5.88. The van der Waals surface area contributed by atoms with Gasteiger partial charge in [-0.05, 0) is 61.1 Å². The Labute approximate surface area is 140 Å². The summed E-state index contributed by atoms with van der Waals surface area (Å²) in [5, 5.41) is 3.63. The average molecular weight is 325 g/mol. The van der Waals surface area contributed by atoms with Gasteiger partial charge in [0.05, 0.1) is 15.5 Å². The van der Waals surface area contributed by atoms with E-state index in [1.165, 1.54) is 16.7 Å². The molecule has 3 heteroatoms. The molecule has 0 radical (unpaired) electrons. The third-order valence-corrected chi connectivity index (χ3v) is 7.54. The first kappa shape index (κ1) is 15.1. The third kappa shape index (κ3) is 2.29. The molecule has 2 aromatic carbocycles. The van der Waals surface area contributed by atoms with Gasteiger partial charge in [-0.1, -0.05) is 43.3 Å². The summed E-state index contributed by atoms with van der Waals surface area (Å²) in [6.45, 7) is 3.15. The molecule has 0 aromatic heterocycles. The van der Waals surface area contributed by atoms with Gasteiger partial charge in [0.2, 0.25) is 0 Å². The summed E-state index contributed by atoms with van der Waals surface area (Å²) < 4.78 is 13.3. The van der Waals surface area contributed by atoms with Crippen LogP contribution in [0.1, 0.15) is 36.5 Å². The Morgan fingerprint density at radius 3 is 2.83 bits per heavy atom. The zero-order valence-corrected chi connectivity index (χ0v) is 14.4. The topological polar surface area (TPSA) is 29.1 Å². The Balaban J connectivity index is 1.87. The maximum absolute atomic E-state index is 13.6. The summed E-state index contributed by atoms with van der Waals surface area (Å²) in [7, 11) is -1.03. The molecule has 1 N–H and O–H groups in total. The number of fused-ring (bicyclic) bond motifs is 3. The van der Waals surface area contributed by atoms with E-state index in [9.17, 15) is 4.21 Å². The van der Waals surface area contributed by atoms with Crippen LogP contribution in [0.25, 0.3) is 0 Å². The molecule has 0 spiro atoms. The number of hydrogen-bond donors (Lipinski definition) is 1. The summed E-state index contributed by atoms with van der Waals surface area (Å²) in [5.41, 5.74) is 4.11.